The molecule has 1 saturated heterocycles. The first-order valence-corrected chi connectivity index (χ1v) is 8.64. The van der Waals surface area contributed by atoms with Gasteiger partial charge in [0.25, 0.3) is 0 Å². The lowest BCUT2D eigenvalue weighted by Gasteiger charge is -2.37. The lowest BCUT2D eigenvalue weighted by molar-refractivity contribution is -0.357. The Morgan fingerprint density at radius 2 is 1.75 bits per heavy atom. The fourth-order valence-corrected chi connectivity index (χ4v) is 4.09. The summed E-state index contributed by atoms with van der Waals surface area (Å²) >= 11 is 0. The number of hydrogen-bond acceptors (Lipinski definition) is 5. The summed E-state index contributed by atoms with van der Waals surface area (Å²) in [6.45, 7) is 1.74. The second-order valence-corrected chi connectivity index (χ2v) is 7.02. The van der Waals surface area contributed by atoms with E-state index < -0.39 is 17.2 Å². The number of benzene rings is 1. The van der Waals surface area contributed by atoms with E-state index in [0.717, 1.165) is 24.2 Å². The number of rotatable bonds is 4. The average Bonchev–Trinajstić information content (AvgIpc) is 3.02. The van der Waals surface area contributed by atoms with E-state index in [1.54, 1.807) is 14.0 Å². The van der Waals surface area contributed by atoms with Gasteiger partial charge >= 0.3 is 5.97 Å². The van der Waals surface area contributed by atoms with E-state index in [1.807, 2.05) is 24.3 Å². The fraction of sp³-hybridized carbons (Fsp3) is 0.632. The largest absolute Gasteiger partial charge is 0.497 e. The molecule has 2 unspecified atom stereocenters. The molecule has 1 aliphatic carbocycles. The summed E-state index contributed by atoms with van der Waals surface area (Å²) in [7, 11) is 3.03. The molecule has 3 rings (SSSR count). The Labute approximate surface area is 143 Å². The number of carbonyl (C=O) groups is 1. The smallest absolute Gasteiger partial charge is 0.341 e. The van der Waals surface area contributed by atoms with Gasteiger partial charge in [-0.2, -0.15) is 0 Å². The quantitative estimate of drug-likeness (QED) is 0.620. The molecule has 1 aromatic carbocycles. The van der Waals surface area contributed by atoms with Gasteiger partial charge in [0.15, 0.2) is 0 Å². The van der Waals surface area contributed by atoms with Crippen LogP contribution in [-0.4, -0.2) is 25.8 Å². The molecule has 2 aliphatic rings. The lowest BCUT2D eigenvalue weighted by Crippen LogP contribution is -2.41. The third kappa shape index (κ3) is 2.91. The highest BCUT2D eigenvalue weighted by atomic mass is 17.2. The Kier molecular flexibility index (Phi) is 4.83. The van der Waals surface area contributed by atoms with Crippen LogP contribution >= 0.6 is 0 Å². The second-order valence-electron chi connectivity index (χ2n) is 7.02. The molecule has 0 radical (unpaired) electrons. The van der Waals surface area contributed by atoms with E-state index in [2.05, 4.69) is 0 Å². The molecule has 24 heavy (non-hydrogen) atoms. The summed E-state index contributed by atoms with van der Waals surface area (Å²) in [4.78, 5) is 23.7. The molecule has 0 bridgehead atoms. The van der Waals surface area contributed by atoms with Crippen LogP contribution in [0.1, 0.15) is 51.0 Å². The SMILES string of the molecule is COC(=O)C1(C)CC(c2ccc(OC)cc2)(C2CCCCC2)OO1. The summed E-state index contributed by atoms with van der Waals surface area (Å²) in [6.07, 6.45) is 6.23. The summed E-state index contributed by atoms with van der Waals surface area (Å²) in [5.41, 5.74) is -0.662. The van der Waals surface area contributed by atoms with Gasteiger partial charge in [0.1, 0.15) is 11.4 Å². The minimum atomic E-state index is -1.08. The van der Waals surface area contributed by atoms with Crippen molar-refractivity contribution in [2.45, 2.75) is 56.7 Å². The van der Waals surface area contributed by atoms with Crippen molar-refractivity contribution in [3.8, 4) is 5.75 Å². The molecule has 0 spiro atoms. The zero-order chi connectivity index (χ0) is 17.2. The van der Waals surface area contributed by atoms with Crippen LogP contribution in [0.25, 0.3) is 0 Å². The summed E-state index contributed by atoms with van der Waals surface area (Å²) < 4.78 is 10.2. The molecule has 0 N–H and O–H groups in total. The van der Waals surface area contributed by atoms with Crippen LogP contribution in [0, 0.1) is 5.92 Å². The standard InChI is InChI=1S/C19H26O5/c1-18(17(20)22-3)13-19(24-23-18,14-7-5-4-6-8-14)15-9-11-16(21-2)12-10-15/h9-12,14H,4-8,13H2,1-3H3. The molecule has 0 amide bonds. The number of carbonyl (C=O) groups excluding carboxylic acids is 1. The Morgan fingerprint density at radius 3 is 2.33 bits per heavy atom. The molecule has 5 heteroatoms. The monoisotopic (exact) mass is 334 g/mol. The van der Waals surface area contributed by atoms with E-state index >= 15 is 0 Å². The minimum Gasteiger partial charge on any atom is -0.497 e. The first-order valence-electron chi connectivity index (χ1n) is 8.64. The van der Waals surface area contributed by atoms with Crippen LogP contribution in [0.4, 0.5) is 0 Å². The number of esters is 1. The zero-order valence-electron chi connectivity index (χ0n) is 14.7. The van der Waals surface area contributed by atoms with Crippen LogP contribution < -0.4 is 4.74 Å². The fourth-order valence-electron chi connectivity index (χ4n) is 4.09. The summed E-state index contributed by atoms with van der Waals surface area (Å²) in [5.74, 6) is 0.729. The maximum absolute atomic E-state index is 12.2. The molecule has 132 valence electrons. The van der Waals surface area contributed by atoms with Gasteiger partial charge in [-0.25, -0.2) is 14.6 Å². The van der Waals surface area contributed by atoms with Gasteiger partial charge in [-0.1, -0.05) is 31.4 Å². The highest BCUT2D eigenvalue weighted by Gasteiger charge is 2.58. The summed E-state index contributed by atoms with van der Waals surface area (Å²) in [5, 5.41) is 0. The van der Waals surface area contributed by atoms with Crippen molar-refractivity contribution < 1.29 is 24.0 Å². The van der Waals surface area contributed by atoms with Gasteiger partial charge in [0.05, 0.1) is 14.2 Å². The second kappa shape index (κ2) is 6.73. The van der Waals surface area contributed by atoms with Crippen molar-refractivity contribution in [1.29, 1.82) is 0 Å². The highest BCUT2D eigenvalue weighted by molar-refractivity contribution is 5.79. The Hall–Kier alpha value is -1.59. The minimum absolute atomic E-state index is 0.325. The van der Waals surface area contributed by atoms with Crippen molar-refractivity contribution in [3.63, 3.8) is 0 Å². The Bertz CT molecular complexity index is 578. The van der Waals surface area contributed by atoms with Gasteiger partial charge < -0.3 is 9.47 Å². The lowest BCUT2D eigenvalue weighted by atomic mass is 9.69. The van der Waals surface area contributed by atoms with Crippen LogP contribution in [0.2, 0.25) is 0 Å². The maximum Gasteiger partial charge on any atom is 0.341 e. The van der Waals surface area contributed by atoms with Crippen molar-refractivity contribution in [1.82, 2.24) is 0 Å². The van der Waals surface area contributed by atoms with Crippen molar-refractivity contribution in [2.75, 3.05) is 14.2 Å². The van der Waals surface area contributed by atoms with Gasteiger partial charge in [-0.3, -0.25) is 0 Å². The van der Waals surface area contributed by atoms with Crippen molar-refractivity contribution >= 4 is 5.97 Å². The van der Waals surface area contributed by atoms with Crippen LogP contribution in [0.5, 0.6) is 5.75 Å². The molecular formula is C19H26O5. The van der Waals surface area contributed by atoms with Crippen LogP contribution in [-0.2, 0) is 24.9 Å². The predicted octanol–water partition coefficient (Wildman–Crippen LogP) is 3.75. The van der Waals surface area contributed by atoms with Gasteiger partial charge in [-0.15, -0.1) is 0 Å². The molecule has 1 aliphatic heterocycles. The van der Waals surface area contributed by atoms with Crippen LogP contribution in [0.3, 0.4) is 0 Å². The average molecular weight is 334 g/mol. The molecule has 0 aromatic heterocycles. The normalized spacial score (nSPS) is 31.0. The third-order valence-corrected chi connectivity index (χ3v) is 5.43. The summed E-state index contributed by atoms with van der Waals surface area (Å²) in [6, 6.07) is 7.88. The van der Waals surface area contributed by atoms with Crippen LogP contribution in [0.15, 0.2) is 24.3 Å². The number of ether oxygens (including phenoxy) is 2. The van der Waals surface area contributed by atoms with E-state index in [1.165, 1.54) is 26.4 Å². The molecular weight excluding hydrogens is 308 g/mol. The Morgan fingerprint density at radius 1 is 1.08 bits per heavy atom. The predicted molar refractivity (Wildman–Crippen MR) is 88.5 cm³/mol. The first-order chi connectivity index (χ1) is 11.5. The van der Waals surface area contributed by atoms with E-state index in [0.29, 0.717) is 12.3 Å². The van der Waals surface area contributed by atoms with Gasteiger partial charge in [0, 0.05) is 6.42 Å². The Balaban J connectivity index is 1.97. The highest BCUT2D eigenvalue weighted by Crippen LogP contribution is 2.52. The van der Waals surface area contributed by atoms with E-state index in [4.69, 9.17) is 19.2 Å². The molecule has 2 atom stereocenters. The third-order valence-electron chi connectivity index (χ3n) is 5.43. The zero-order valence-corrected chi connectivity index (χ0v) is 14.7. The van der Waals surface area contributed by atoms with Gasteiger partial charge in [0.2, 0.25) is 5.60 Å². The number of methoxy groups -OCH3 is 2. The topological polar surface area (TPSA) is 54.0 Å². The number of hydrogen-bond donors (Lipinski definition) is 0. The van der Waals surface area contributed by atoms with E-state index in [9.17, 15) is 4.79 Å². The molecule has 1 aromatic rings. The molecule has 1 saturated carbocycles. The maximum atomic E-state index is 12.2. The van der Waals surface area contributed by atoms with Crippen molar-refractivity contribution in [3.05, 3.63) is 29.8 Å². The molecule has 1 heterocycles. The van der Waals surface area contributed by atoms with E-state index in [-0.39, 0.29) is 0 Å². The first kappa shape index (κ1) is 17.2. The van der Waals surface area contributed by atoms with Gasteiger partial charge in [-0.05, 0) is 43.4 Å². The molecule has 2 fully saturated rings. The molecule has 5 nitrogen and oxygen atoms in total. The van der Waals surface area contributed by atoms with Crippen molar-refractivity contribution in [2.24, 2.45) is 5.92 Å².